The Morgan fingerprint density at radius 1 is 1.22 bits per heavy atom. The molecule has 23 heavy (non-hydrogen) atoms. The second-order valence-electron chi connectivity index (χ2n) is 6.09. The zero-order valence-electron chi connectivity index (χ0n) is 13.5. The highest BCUT2D eigenvalue weighted by atomic mass is 16.4. The number of unbranched alkanes of at least 4 members (excludes halogenated alkanes) is 1. The third kappa shape index (κ3) is 4.81. The van der Waals surface area contributed by atoms with Crippen LogP contribution in [-0.4, -0.2) is 27.2 Å². The molecular weight excluding hydrogens is 294 g/mol. The number of aromatic amines is 1. The highest BCUT2D eigenvalue weighted by Gasteiger charge is 2.14. The number of H-pyrrole nitrogens is 1. The van der Waals surface area contributed by atoms with Gasteiger partial charge in [-0.15, -0.1) is 0 Å². The molecule has 6 nitrogen and oxygen atoms in total. The summed E-state index contributed by atoms with van der Waals surface area (Å²) >= 11 is 0. The van der Waals surface area contributed by atoms with Crippen molar-refractivity contribution in [1.82, 2.24) is 10.2 Å². The Bertz CT molecular complexity index is 681. The molecule has 2 atom stereocenters. The molecule has 0 aliphatic carbocycles. The molecule has 2 aromatic rings. The van der Waals surface area contributed by atoms with Crippen LogP contribution in [0.3, 0.4) is 0 Å². The summed E-state index contributed by atoms with van der Waals surface area (Å²) in [4.78, 5) is 22.9. The lowest BCUT2D eigenvalue weighted by molar-refractivity contribution is -0.141. The van der Waals surface area contributed by atoms with Gasteiger partial charge in [0.25, 0.3) is 0 Å². The maximum atomic E-state index is 12.2. The minimum absolute atomic E-state index is 0.0147. The predicted octanol–water partition coefficient (Wildman–Crippen LogP) is 3.42. The lowest BCUT2D eigenvalue weighted by Crippen LogP contribution is -2.20. The number of rotatable bonds is 8. The Morgan fingerprint density at radius 2 is 1.91 bits per heavy atom. The first-order chi connectivity index (χ1) is 11.0. The summed E-state index contributed by atoms with van der Waals surface area (Å²) in [5.74, 6) is -1.19. The molecule has 1 amide bonds. The smallest absolute Gasteiger partial charge is 0.306 e. The van der Waals surface area contributed by atoms with Gasteiger partial charge in [0.2, 0.25) is 5.91 Å². The second-order valence-corrected chi connectivity index (χ2v) is 6.09. The van der Waals surface area contributed by atoms with Gasteiger partial charge in [-0.1, -0.05) is 26.7 Å². The van der Waals surface area contributed by atoms with E-state index in [1.165, 1.54) is 0 Å². The van der Waals surface area contributed by atoms with Crippen molar-refractivity contribution in [3.63, 3.8) is 0 Å². The number of hydrogen-bond donors (Lipinski definition) is 3. The van der Waals surface area contributed by atoms with Gasteiger partial charge in [-0.25, -0.2) is 0 Å². The summed E-state index contributed by atoms with van der Waals surface area (Å²) in [6, 6.07) is 5.62. The Balaban J connectivity index is 1.77. The lowest BCUT2D eigenvalue weighted by atomic mass is 9.98. The van der Waals surface area contributed by atoms with E-state index < -0.39 is 5.97 Å². The highest BCUT2D eigenvalue weighted by Crippen LogP contribution is 2.19. The minimum atomic E-state index is -0.759. The summed E-state index contributed by atoms with van der Waals surface area (Å²) in [5.41, 5.74) is 1.69. The molecule has 6 heteroatoms. The zero-order valence-corrected chi connectivity index (χ0v) is 13.5. The van der Waals surface area contributed by atoms with E-state index in [1.54, 1.807) is 13.1 Å². The SMILES string of the molecule is CC(CCCCC(C)C(=O)Nc1ccc2[nH]ncc2c1)C(=O)O. The third-order valence-corrected chi connectivity index (χ3v) is 4.10. The Morgan fingerprint density at radius 3 is 2.61 bits per heavy atom. The predicted molar refractivity (Wildman–Crippen MR) is 89.2 cm³/mol. The molecule has 1 aromatic carbocycles. The average Bonchev–Trinajstić information content (AvgIpc) is 2.98. The van der Waals surface area contributed by atoms with Crippen LogP contribution >= 0.6 is 0 Å². The third-order valence-electron chi connectivity index (χ3n) is 4.10. The van der Waals surface area contributed by atoms with Crippen LogP contribution in [0.1, 0.15) is 39.5 Å². The van der Waals surface area contributed by atoms with Crippen LogP contribution in [0.5, 0.6) is 0 Å². The molecular formula is C17H23N3O3. The topological polar surface area (TPSA) is 95.1 Å². The number of aromatic nitrogens is 2. The van der Waals surface area contributed by atoms with Gasteiger partial charge in [0.05, 0.1) is 17.6 Å². The number of nitrogens with zero attached hydrogens (tertiary/aromatic N) is 1. The van der Waals surface area contributed by atoms with Crippen molar-refractivity contribution in [1.29, 1.82) is 0 Å². The molecule has 3 N–H and O–H groups in total. The van der Waals surface area contributed by atoms with Gasteiger partial charge in [-0.05, 0) is 31.0 Å². The van der Waals surface area contributed by atoms with Crippen molar-refractivity contribution in [2.75, 3.05) is 5.32 Å². The van der Waals surface area contributed by atoms with Crippen LogP contribution < -0.4 is 5.32 Å². The van der Waals surface area contributed by atoms with Crippen molar-refractivity contribution >= 4 is 28.5 Å². The van der Waals surface area contributed by atoms with Crippen molar-refractivity contribution in [2.45, 2.75) is 39.5 Å². The normalized spacial score (nSPS) is 13.7. The molecule has 0 saturated heterocycles. The van der Waals surface area contributed by atoms with E-state index in [2.05, 4.69) is 15.5 Å². The van der Waals surface area contributed by atoms with Gasteiger partial charge in [-0.3, -0.25) is 14.7 Å². The molecule has 0 fully saturated rings. The van der Waals surface area contributed by atoms with E-state index >= 15 is 0 Å². The van der Waals surface area contributed by atoms with Gasteiger partial charge in [0.1, 0.15) is 0 Å². The Labute approximate surface area is 135 Å². The molecule has 0 spiro atoms. The van der Waals surface area contributed by atoms with Crippen LogP contribution in [0.25, 0.3) is 10.9 Å². The van der Waals surface area contributed by atoms with Gasteiger partial charge in [0, 0.05) is 17.0 Å². The summed E-state index contributed by atoms with van der Waals surface area (Å²) in [6.07, 6.45) is 4.81. The first kappa shape index (κ1) is 17.0. The Hall–Kier alpha value is -2.37. The van der Waals surface area contributed by atoms with Crippen LogP contribution in [0, 0.1) is 11.8 Å². The molecule has 0 saturated carbocycles. The van der Waals surface area contributed by atoms with E-state index in [1.807, 2.05) is 25.1 Å². The number of amides is 1. The fraction of sp³-hybridized carbons (Fsp3) is 0.471. The number of anilines is 1. The zero-order chi connectivity index (χ0) is 16.8. The largest absolute Gasteiger partial charge is 0.481 e. The molecule has 0 radical (unpaired) electrons. The van der Waals surface area contributed by atoms with Crippen LogP contribution in [0.15, 0.2) is 24.4 Å². The van der Waals surface area contributed by atoms with Gasteiger partial charge in [0.15, 0.2) is 0 Å². The quantitative estimate of drug-likeness (QED) is 0.650. The summed E-state index contributed by atoms with van der Waals surface area (Å²) < 4.78 is 0. The number of benzene rings is 1. The first-order valence-corrected chi connectivity index (χ1v) is 7.94. The second kappa shape index (κ2) is 7.76. The number of fused-ring (bicyclic) bond motifs is 1. The van der Waals surface area contributed by atoms with E-state index in [-0.39, 0.29) is 17.7 Å². The summed E-state index contributed by atoms with van der Waals surface area (Å²) in [5, 5.41) is 19.5. The van der Waals surface area contributed by atoms with Crippen LogP contribution in [0.4, 0.5) is 5.69 Å². The van der Waals surface area contributed by atoms with Crippen LogP contribution in [0.2, 0.25) is 0 Å². The van der Waals surface area contributed by atoms with E-state index in [4.69, 9.17) is 5.11 Å². The van der Waals surface area contributed by atoms with Gasteiger partial charge < -0.3 is 10.4 Å². The number of carbonyl (C=O) groups is 2. The Kier molecular flexibility index (Phi) is 5.73. The maximum absolute atomic E-state index is 12.2. The number of nitrogens with one attached hydrogen (secondary N) is 2. The lowest BCUT2D eigenvalue weighted by Gasteiger charge is -2.12. The van der Waals surface area contributed by atoms with E-state index in [0.717, 1.165) is 35.9 Å². The van der Waals surface area contributed by atoms with E-state index in [0.29, 0.717) is 6.42 Å². The standard InChI is InChI=1S/C17H23N3O3/c1-11(5-3-4-6-12(2)17(22)23)16(21)19-14-7-8-15-13(9-14)10-18-20-15/h7-12H,3-6H2,1-2H3,(H,18,20)(H,19,21)(H,22,23). The summed E-state index contributed by atoms with van der Waals surface area (Å²) in [6.45, 7) is 3.61. The van der Waals surface area contributed by atoms with Gasteiger partial charge >= 0.3 is 5.97 Å². The number of hydrogen-bond acceptors (Lipinski definition) is 3. The van der Waals surface area contributed by atoms with Crippen molar-refractivity contribution in [2.24, 2.45) is 11.8 Å². The number of carboxylic acids is 1. The number of aliphatic carboxylic acids is 1. The number of carbonyl (C=O) groups excluding carboxylic acids is 1. The van der Waals surface area contributed by atoms with E-state index in [9.17, 15) is 9.59 Å². The van der Waals surface area contributed by atoms with Crippen molar-refractivity contribution in [3.8, 4) is 0 Å². The molecule has 1 heterocycles. The van der Waals surface area contributed by atoms with Gasteiger partial charge in [-0.2, -0.15) is 5.10 Å². The fourth-order valence-electron chi connectivity index (χ4n) is 2.44. The molecule has 0 bridgehead atoms. The molecule has 1 aromatic heterocycles. The maximum Gasteiger partial charge on any atom is 0.306 e. The monoisotopic (exact) mass is 317 g/mol. The molecule has 2 rings (SSSR count). The molecule has 124 valence electrons. The molecule has 2 unspecified atom stereocenters. The molecule has 0 aliphatic heterocycles. The van der Waals surface area contributed by atoms with Crippen molar-refractivity contribution < 1.29 is 14.7 Å². The highest BCUT2D eigenvalue weighted by molar-refractivity contribution is 5.94. The summed E-state index contributed by atoms with van der Waals surface area (Å²) in [7, 11) is 0. The fourth-order valence-corrected chi connectivity index (χ4v) is 2.44. The van der Waals surface area contributed by atoms with Crippen molar-refractivity contribution in [3.05, 3.63) is 24.4 Å². The molecule has 0 aliphatic rings. The minimum Gasteiger partial charge on any atom is -0.481 e. The average molecular weight is 317 g/mol. The van der Waals surface area contributed by atoms with Crippen LogP contribution in [-0.2, 0) is 9.59 Å². The number of carboxylic acid groups (broad SMARTS) is 1. The first-order valence-electron chi connectivity index (χ1n) is 7.94.